The van der Waals surface area contributed by atoms with Crippen molar-refractivity contribution in [2.75, 3.05) is 7.05 Å². The molecule has 2 unspecified atom stereocenters. The van der Waals surface area contributed by atoms with Gasteiger partial charge in [0.25, 0.3) is 0 Å². The van der Waals surface area contributed by atoms with E-state index in [1.54, 1.807) is 7.05 Å². The van der Waals surface area contributed by atoms with E-state index in [9.17, 15) is 0 Å². The molecule has 0 aromatic carbocycles. The lowest BCUT2D eigenvalue weighted by Crippen LogP contribution is -2.26. The topological polar surface area (TPSA) is 38.4 Å². The summed E-state index contributed by atoms with van der Waals surface area (Å²) in [5.74, 6) is 1.89. The molecular formula is C11H24N2. The first-order valence-electron chi connectivity index (χ1n) is 5.35. The Morgan fingerprint density at radius 2 is 1.92 bits per heavy atom. The Hall–Kier alpha value is -0.530. The molecule has 2 atom stereocenters. The Morgan fingerprint density at radius 3 is 2.38 bits per heavy atom. The first kappa shape index (κ1) is 12.5. The lowest BCUT2D eigenvalue weighted by Gasteiger charge is -2.18. The van der Waals surface area contributed by atoms with Crippen LogP contribution < -0.4 is 5.73 Å². The van der Waals surface area contributed by atoms with Gasteiger partial charge in [-0.15, -0.1) is 0 Å². The van der Waals surface area contributed by atoms with Gasteiger partial charge in [0.2, 0.25) is 0 Å². The molecule has 0 bridgehead atoms. The Labute approximate surface area is 82.6 Å². The number of nitrogens with two attached hydrogens (primary N) is 1. The molecule has 0 fully saturated rings. The van der Waals surface area contributed by atoms with Crippen molar-refractivity contribution in [1.29, 1.82) is 0 Å². The van der Waals surface area contributed by atoms with Crippen LogP contribution in [-0.4, -0.2) is 12.9 Å². The van der Waals surface area contributed by atoms with Crippen LogP contribution in [0.1, 0.15) is 46.5 Å². The molecule has 0 saturated heterocycles. The van der Waals surface area contributed by atoms with Crippen molar-refractivity contribution >= 4 is 5.84 Å². The van der Waals surface area contributed by atoms with Gasteiger partial charge < -0.3 is 5.73 Å². The molecule has 2 heteroatoms. The van der Waals surface area contributed by atoms with Crippen LogP contribution in [0, 0.1) is 11.8 Å². The molecule has 0 heterocycles. The Kier molecular flexibility index (Phi) is 6.65. The van der Waals surface area contributed by atoms with E-state index in [-0.39, 0.29) is 0 Å². The molecule has 0 saturated carbocycles. The monoisotopic (exact) mass is 184 g/mol. The third kappa shape index (κ3) is 4.91. The molecule has 0 aromatic rings. The van der Waals surface area contributed by atoms with Crippen molar-refractivity contribution < 1.29 is 0 Å². The second-order valence-electron chi connectivity index (χ2n) is 3.91. The van der Waals surface area contributed by atoms with Crippen LogP contribution in [0.2, 0.25) is 0 Å². The lowest BCUT2D eigenvalue weighted by molar-refractivity contribution is 0.425. The molecule has 78 valence electrons. The highest BCUT2D eigenvalue weighted by Gasteiger charge is 2.14. The number of amidine groups is 1. The average Bonchev–Trinajstić information content (AvgIpc) is 2.15. The first-order valence-corrected chi connectivity index (χ1v) is 5.35. The molecule has 0 aromatic heterocycles. The van der Waals surface area contributed by atoms with E-state index in [1.807, 2.05) is 0 Å². The summed E-state index contributed by atoms with van der Waals surface area (Å²) < 4.78 is 0. The summed E-state index contributed by atoms with van der Waals surface area (Å²) in [6, 6.07) is 0. The van der Waals surface area contributed by atoms with Gasteiger partial charge in [0, 0.05) is 13.0 Å². The molecule has 0 rings (SSSR count). The van der Waals surface area contributed by atoms with Gasteiger partial charge in [-0.1, -0.05) is 46.5 Å². The molecule has 0 spiro atoms. The van der Waals surface area contributed by atoms with Crippen molar-refractivity contribution in [3.8, 4) is 0 Å². The van der Waals surface area contributed by atoms with Gasteiger partial charge in [-0.3, -0.25) is 4.99 Å². The first-order chi connectivity index (χ1) is 6.13. The SMILES string of the molecule is CCCCCC(C)C(C)/C(N)=N/C. The highest BCUT2D eigenvalue weighted by molar-refractivity contribution is 5.82. The van der Waals surface area contributed by atoms with E-state index in [0.29, 0.717) is 11.8 Å². The molecular weight excluding hydrogens is 160 g/mol. The van der Waals surface area contributed by atoms with E-state index in [1.165, 1.54) is 25.7 Å². The van der Waals surface area contributed by atoms with Crippen molar-refractivity contribution in [3.05, 3.63) is 0 Å². The minimum atomic E-state index is 0.432. The minimum absolute atomic E-state index is 0.432. The molecule has 0 radical (unpaired) electrons. The molecule has 2 N–H and O–H groups in total. The number of nitrogens with zero attached hydrogens (tertiary/aromatic N) is 1. The summed E-state index contributed by atoms with van der Waals surface area (Å²) >= 11 is 0. The van der Waals surface area contributed by atoms with Gasteiger partial charge in [0.05, 0.1) is 5.84 Å². The van der Waals surface area contributed by atoms with Crippen LogP contribution in [0.25, 0.3) is 0 Å². The Balaban J connectivity index is 3.75. The zero-order valence-electron chi connectivity index (χ0n) is 9.51. The van der Waals surface area contributed by atoms with Gasteiger partial charge in [-0.2, -0.15) is 0 Å². The van der Waals surface area contributed by atoms with Crippen LogP contribution in [0.15, 0.2) is 4.99 Å². The van der Waals surface area contributed by atoms with Gasteiger partial charge in [0.15, 0.2) is 0 Å². The van der Waals surface area contributed by atoms with Crippen LogP contribution in [0.5, 0.6) is 0 Å². The van der Waals surface area contributed by atoms with E-state index in [2.05, 4.69) is 25.8 Å². The molecule has 13 heavy (non-hydrogen) atoms. The van der Waals surface area contributed by atoms with E-state index in [4.69, 9.17) is 5.73 Å². The summed E-state index contributed by atoms with van der Waals surface area (Å²) in [6.45, 7) is 6.66. The van der Waals surface area contributed by atoms with Gasteiger partial charge in [-0.05, 0) is 5.92 Å². The summed E-state index contributed by atoms with van der Waals surface area (Å²) in [5.41, 5.74) is 5.77. The normalized spacial score (nSPS) is 17.1. The van der Waals surface area contributed by atoms with Crippen LogP contribution in [0.4, 0.5) is 0 Å². The number of rotatable bonds is 6. The fraction of sp³-hybridized carbons (Fsp3) is 0.909. The number of aliphatic imine (C=N–C) groups is 1. The highest BCUT2D eigenvalue weighted by Crippen LogP contribution is 2.18. The zero-order chi connectivity index (χ0) is 10.3. The largest absolute Gasteiger partial charge is 0.387 e. The summed E-state index contributed by atoms with van der Waals surface area (Å²) in [6.07, 6.45) is 5.21. The predicted molar refractivity (Wildman–Crippen MR) is 60.0 cm³/mol. The third-order valence-electron chi connectivity index (χ3n) is 2.84. The summed E-state index contributed by atoms with van der Waals surface area (Å²) in [7, 11) is 1.77. The van der Waals surface area contributed by atoms with Crippen molar-refractivity contribution in [2.45, 2.75) is 46.5 Å². The van der Waals surface area contributed by atoms with Crippen LogP contribution in [-0.2, 0) is 0 Å². The van der Waals surface area contributed by atoms with Gasteiger partial charge in [0.1, 0.15) is 0 Å². The quantitative estimate of drug-likeness (QED) is 0.385. The van der Waals surface area contributed by atoms with Crippen molar-refractivity contribution in [2.24, 2.45) is 22.6 Å². The highest BCUT2D eigenvalue weighted by atomic mass is 14.8. The summed E-state index contributed by atoms with van der Waals surface area (Å²) in [5, 5.41) is 0. The van der Waals surface area contributed by atoms with E-state index < -0.39 is 0 Å². The van der Waals surface area contributed by atoms with Crippen molar-refractivity contribution in [3.63, 3.8) is 0 Å². The van der Waals surface area contributed by atoms with Gasteiger partial charge in [-0.25, -0.2) is 0 Å². The zero-order valence-corrected chi connectivity index (χ0v) is 9.51. The van der Waals surface area contributed by atoms with E-state index >= 15 is 0 Å². The van der Waals surface area contributed by atoms with Crippen LogP contribution >= 0.6 is 0 Å². The van der Waals surface area contributed by atoms with Gasteiger partial charge >= 0.3 is 0 Å². The Bertz CT molecular complexity index is 152. The maximum atomic E-state index is 5.77. The second-order valence-corrected chi connectivity index (χ2v) is 3.91. The van der Waals surface area contributed by atoms with E-state index in [0.717, 1.165) is 5.84 Å². The molecule has 2 nitrogen and oxygen atoms in total. The van der Waals surface area contributed by atoms with Crippen LogP contribution in [0.3, 0.4) is 0 Å². The second kappa shape index (κ2) is 6.93. The Morgan fingerprint density at radius 1 is 1.31 bits per heavy atom. The fourth-order valence-corrected chi connectivity index (χ4v) is 1.46. The predicted octanol–water partition coefficient (Wildman–Crippen LogP) is 2.83. The maximum absolute atomic E-state index is 5.77. The summed E-state index contributed by atoms with van der Waals surface area (Å²) in [4.78, 5) is 4.03. The smallest absolute Gasteiger partial charge is 0.0964 e. The molecule has 0 aliphatic carbocycles. The maximum Gasteiger partial charge on any atom is 0.0964 e. The number of unbranched alkanes of at least 4 members (excludes halogenated alkanes) is 2. The fourth-order valence-electron chi connectivity index (χ4n) is 1.46. The number of hydrogen-bond acceptors (Lipinski definition) is 1. The van der Waals surface area contributed by atoms with Crippen molar-refractivity contribution in [1.82, 2.24) is 0 Å². The molecule has 0 amide bonds. The molecule has 0 aliphatic rings. The molecule has 0 aliphatic heterocycles. The average molecular weight is 184 g/mol. The lowest BCUT2D eigenvalue weighted by atomic mass is 9.90. The minimum Gasteiger partial charge on any atom is -0.387 e. The third-order valence-corrected chi connectivity index (χ3v) is 2.84. The standard InChI is InChI=1S/C11H24N2/c1-5-6-7-8-9(2)10(3)11(12)13-4/h9-10H,5-8H2,1-4H3,(H2,12,13). The number of hydrogen-bond donors (Lipinski definition) is 1.